The maximum Gasteiger partial charge on any atom is 0.256 e. The van der Waals surface area contributed by atoms with Gasteiger partial charge in [-0.25, -0.2) is 14.4 Å². The number of nitrogens with zero attached hydrogens (tertiary/aromatic N) is 3. The van der Waals surface area contributed by atoms with Gasteiger partial charge in [0.2, 0.25) is 5.88 Å². The smallest absolute Gasteiger partial charge is 0.256 e. The summed E-state index contributed by atoms with van der Waals surface area (Å²) in [5.41, 5.74) is 0.500. The van der Waals surface area contributed by atoms with Gasteiger partial charge >= 0.3 is 0 Å². The highest BCUT2D eigenvalue weighted by atomic mass is 35.5. The zero-order valence-electron chi connectivity index (χ0n) is 15.4. The summed E-state index contributed by atoms with van der Waals surface area (Å²) in [7, 11) is 1.51. The minimum Gasteiger partial charge on any atom is -0.490 e. The molecule has 0 N–H and O–H groups in total. The summed E-state index contributed by atoms with van der Waals surface area (Å²) in [4.78, 5) is 8.51. The van der Waals surface area contributed by atoms with Crippen LogP contribution in [0.2, 0.25) is 5.02 Å². The standard InChI is InChI=1S/C19H17ClFN3O5/c1-25-10-26-18-7-17(29-24-18)16-8-23-19(9-22-16)28-13-4-12(5-13)27-11-2-3-15(21)14(20)6-11/h2-3,6-9,12-13H,4-5,10H2,1H3. The zero-order chi connectivity index (χ0) is 20.2. The number of hydrogen-bond donors (Lipinski definition) is 0. The average molecular weight is 422 g/mol. The zero-order valence-corrected chi connectivity index (χ0v) is 16.1. The molecule has 1 aliphatic carbocycles. The third kappa shape index (κ3) is 4.75. The molecule has 29 heavy (non-hydrogen) atoms. The summed E-state index contributed by atoms with van der Waals surface area (Å²) in [6, 6.07) is 5.89. The second-order valence-electron chi connectivity index (χ2n) is 6.35. The topological polar surface area (TPSA) is 88.7 Å². The maximum absolute atomic E-state index is 13.2. The van der Waals surface area contributed by atoms with Crippen molar-refractivity contribution in [2.75, 3.05) is 13.9 Å². The first kappa shape index (κ1) is 19.4. The molecule has 8 nitrogen and oxygen atoms in total. The number of halogens is 2. The minimum absolute atomic E-state index is 0.0199. The van der Waals surface area contributed by atoms with Crippen LogP contribution in [-0.2, 0) is 4.74 Å². The van der Waals surface area contributed by atoms with Gasteiger partial charge in [0.05, 0.1) is 23.5 Å². The molecule has 152 valence electrons. The predicted molar refractivity (Wildman–Crippen MR) is 99.5 cm³/mol. The molecule has 0 radical (unpaired) electrons. The summed E-state index contributed by atoms with van der Waals surface area (Å²) in [6.07, 6.45) is 4.36. The van der Waals surface area contributed by atoms with Gasteiger partial charge in [0.1, 0.15) is 29.5 Å². The van der Waals surface area contributed by atoms with Crippen molar-refractivity contribution < 1.29 is 27.9 Å². The molecular formula is C19H17ClFN3O5. The van der Waals surface area contributed by atoms with Gasteiger partial charge in [-0.2, -0.15) is 0 Å². The lowest BCUT2D eigenvalue weighted by atomic mass is 9.92. The Bertz CT molecular complexity index is 963. The third-order valence-electron chi connectivity index (χ3n) is 4.23. The highest BCUT2D eigenvalue weighted by Gasteiger charge is 2.33. The van der Waals surface area contributed by atoms with E-state index in [1.165, 1.54) is 31.6 Å². The first-order valence-corrected chi connectivity index (χ1v) is 9.17. The van der Waals surface area contributed by atoms with E-state index in [2.05, 4.69) is 15.1 Å². The Morgan fingerprint density at radius 1 is 1.10 bits per heavy atom. The number of methoxy groups -OCH3 is 1. The van der Waals surface area contributed by atoms with Crippen LogP contribution in [0.15, 0.2) is 41.2 Å². The molecule has 1 aliphatic rings. The third-order valence-corrected chi connectivity index (χ3v) is 4.52. The van der Waals surface area contributed by atoms with Crippen molar-refractivity contribution in [2.45, 2.75) is 25.0 Å². The molecule has 3 aromatic rings. The SMILES string of the molecule is COCOc1cc(-c2cnc(OC3CC(Oc4ccc(F)c(Cl)c4)C3)cn2)on1. The van der Waals surface area contributed by atoms with Crippen molar-refractivity contribution in [3.8, 4) is 29.0 Å². The fourth-order valence-electron chi connectivity index (χ4n) is 2.69. The van der Waals surface area contributed by atoms with Gasteiger partial charge in [-0.05, 0) is 17.3 Å². The Morgan fingerprint density at radius 3 is 2.66 bits per heavy atom. The Labute approximate surface area is 170 Å². The molecule has 1 fully saturated rings. The molecule has 0 unspecified atom stereocenters. The van der Waals surface area contributed by atoms with Crippen LogP contribution < -0.4 is 14.2 Å². The Balaban J connectivity index is 1.26. The Morgan fingerprint density at radius 2 is 1.93 bits per heavy atom. The molecule has 0 atom stereocenters. The van der Waals surface area contributed by atoms with Crippen LogP contribution in [0.25, 0.3) is 11.5 Å². The van der Waals surface area contributed by atoms with Gasteiger partial charge in [0.15, 0.2) is 12.6 Å². The van der Waals surface area contributed by atoms with Crippen LogP contribution in [-0.4, -0.2) is 41.2 Å². The Hall–Kier alpha value is -2.91. The second-order valence-corrected chi connectivity index (χ2v) is 6.75. The van der Waals surface area contributed by atoms with Crippen molar-refractivity contribution >= 4 is 11.6 Å². The van der Waals surface area contributed by atoms with E-state index in [4.69, 9.17) is 35.1 Å². The molecule has 2 heterocycles. The highest BCUT2D eigenvalue weighted by Crippen LogP contribution is 2.31. The largest absolute Gasteiger partial charge is 0.490 e. The van der Waals surface area contributed by atoms with Gasteiger partial charge in [0, 0.05) is 26.0 Å². The minimum atomic E-state index is -0.472. The van der Waals surface area contributed by atoms with Gasteiger partial charge in [-0.1, -0.05) is 11.6 Å². The number of benzene rings is 1. The van der Waals surface area contributed by atoms with E-state index in [1.807, 2.05) is 0 Å². The number of ether oxygens (including phenoxy) is 4. The van der Waals surface area contributed by atoms with Crippen molar-refractivity contribution in [1.29, 1.82) is 0 Å². The number of rotatable bonds is 8. The first-order chi connectivity index (χ1) is 14.1. The number of aromatic nitrogens is 3. The van der Waals surface area contributed by atoms with Crippen molar-refractivity contribution in [3.05, 3.63) is 47.5 Å². The van der Waals surface area contributed by atoms with Crippen LogP contribution in [0.5, 0.6) is 17.5 Å². The molecule has 2 aromatic heterocycles. The van der Waals surface area contributed by atoms with Gasteiger partial charge in [-0.15, -0.1) is 0 Å². The van der Waals surface area contributed by atoms with E-state index < -0.39 is 5.82 Å². The van der Waals surface area contributed by atoms with Crippen molar-refractivity contribution in [2.24, 2.45) is 0 Å². The molecule has 0 spiro atoms. The molecule has 1 saturated carbocycles. The van der Waals surface area contributed by atoms with Crippen LogP contribution in [0, 0.1) is 5.82 Å². The normalized spacial score (nSPS) is 18.2. The molecule has 10 heteroatoms. The second kappa shape index (κ2) is 8.62. The average Bonchev–Trinajstić information content (AvgIpc) is 3.17. The summed E-state index contributed by atoms with van der Waals surface area (Å²) in [5.74, 6) is 1.18. The molecule has 4 rings (SSSR count). The molecule has 0 aliphatic heterocycles. The van der Waals surface area contributed by atoms with E-state index in [9.17, 15) is 4.39 Å². The highest BCUT2D eigenvalue weighted by molar-refractivity contribution is 6.30. The summed E-state index contributed by atoms with van der Waals surface area (Å²) >= 11 is 5.76. The van der Waals surface area contributed by atoms with Crippen LogP contribution >= 0.6 is 11.6 Å². The fourth-order valence-corrected chi connectivity index (χ4v) is 2.87. The summed E-state index contributed by atoms with van der Waals surface area (Å²) in [6.45, 7) is 0.0741. The summed E-state index contributed by atoms with van der Waals surface area (Å²) in [5, 5.41) is 3.79. The lowest BCUT2D eigenvalue weighted by molar-refractivity contribution is 0.00203. The van der Waals surface area contributed by atoms with Crippen LogP contribution in [0.4, 0.5) is 4.39 Å². The molecule has 0 bridgehead atoms. The monoisotopic (exact) mass is 421 g/mol. The lowest BCUT2D eigenvalue weighted by Crippen LogP contribution is -2.41. The van der Waals surface area contributed by atoms with Crippen LogP contribution in [0.3, 0.4) is 0 Å². The molecular weight excluding hydrogens is 405 g/mol. The van der Waals surface area contributed by atoms with Gasteiger partial charge in [0.25, 0.3) is 5.88 Å². The molecule has 0 amide bonds. The Kier molecular flexibility index (Phi) is 5.77. The van der Waals surface area contributed by atoms with E-state index in [-0.39, 0.29) is 24.0 Å². The van der Waals surface area contributed by atoms with E-state index >= 15 is 0 Å². The van der Waals surface area contributed by atoms with E-state index in [0.717, 1.165) is 0 Å². The molecule has 0 saturated heterocycles. The van der Waals surface area contributed by atoms with E-state index in [0.29, 0.717) is 41.8 Å². The lowest BCUT2D eigenvalue weighted by Gasteiger charge is -2.34. The van der Waals surface area contributed by atoms with Crippen LogP contribution in [0.1, 0.15) is 12.8 Å². The predicted octanol–water partition coefficient (Wildman–Crippen LogP) is 3.90. The van der Waals surface area contributed by atoms with E-state index in [1.54, 1.807) is 12.1 Å². The maximum atomic E-state index is 13.2. The van der Waals surface area contributed by atoms with Crippen molar-refractivity contribution in [3.63, 3.8) is 0 Å². The van der Waals surface area contributed by atoms with Gasteiger partial charge in [-0.3, -0.25) is 0 Å². The fraction of sp³-hybridized carbons (Fsp3) is 0.316. The first-order valence-electron chi connectivity index (χ1n) is 8.80. The quantitative estimate of drug-likeness (QED) is 0.506. The number of hydrogen-bond acceptors (Lipinski definition) is 8. The van der Waals surface area contributed by atoms with Crippen molar-refractivity contribution in [1.82, 2.24) is 15.1 Å². The molecule has 1 aromatic carbocycles. The summed E-state index contributed by atoms with van der Waals surface area (Å²) < 4.78 is 39.9. The van der Waals surface area contributed by atoms with Gasteiger partial charge < -0.3 is 23.5 Å².